The van der Waals surface area contributed by atoms with Gasteiger partial charge in [-0.1, -0.05) is 23.7 Å². The lowest BCUT2D eigenvalue weighted by atomic mass is 10.1. The molecule has 0 bridgehead atoms. The summed E-state index contributed by atoms with van der Waals surface area (Å²) in [7, 11) is 0. The molecule has 1 fully saturated rings. The Balaban J connectivity index is 1.49. The van der Waals surface area contributed by atoms with Gasteiger partial charge in [-0.05, 0) is 42.3 Å². The van der Waals surface area contributed by atoms with E-state index in [1.807, 2.05) is 13.0 Å². The summed E-state index contributed by atoms with van der Waals surface area (Å²) in [5.74, 6) is -0.106. The molecule has 4 amide bonds. The number of hydrogen-bond donors (Lipinski definition) is 2. The molecule has 0 saturated carbocycles. The minimum Gasteiger partial charge on any atom is -0.454 e. The molecule has 0 aromatic heterocycles. The summed E-state index contributed by atoms with van der Waals surface area (Å²) in [5.41, 5.74) is 2.05. The van der Waals surface area contributed by atoms with E-state index < -0.39 is 24.4 Å². The van der Waals surface area contributed by atoms with Gasteiger partial charge >= 0.3 is 6.03 Å². The molecule has 8 nitrogen and oxygen atoms in total. The Labute approximate surface area is 171 Å². The summed E-state index contributed by atoms with van der Waals surface area (Å²) in [5, 5.41) is 5.46. The summed E-state index contributed by atoms with van der Waals surface area (Å²) in [6, 6.07) is 9.72. The van der Waals surface area contributed by atoms with Gasteiger partial charge in [0.15, 0.2) is 11.5 Å². The van der Waals surface area contributed by atoms with Crippen LogP contribution in [0.3, 0.4) is 0 Å². The van der Waals surface area contributed by atoms with Crippen molar-refractivity contribution < 1.29 is 23.9 Å². The molecule has 2 heterocycles. The van der Waals surface area contributed by atoms with Gasteiger partial charge in [0, 0.05) is 11.8 Å². The lowest BCUT2D eigenvalue weighted by Crippen LogP contribution is -2.38. The highest BCUT2D eigenvalue weighted by Gasteiger charge is 2.35. The number of aryl methyl sites for hydroxylation is 1. The normalized spacial score (nSPS) is 16.3. The third kappa shape index (κ3) is 3.88. The van der Waals surface area contributed by atoms with Crippen molar-refractivity contribution in [1.29, 1.82) is 0 Å². The molecule has 2 aromatic carbocycles. The smallest absolute Gasteiger partial charge is 0.329 e. The van der Waals surface area contributed by atoms with Crippen LogP contribution in [-0.2, 0) is 9.59 Å². The molecule has 2 aliphatic rings. The first-order valence-electron chi connectivity index (χ1n) is 8.71. The fraction of sp³-hybridized carbons (Fsp3) is 0.150. The average molecular weight is 414 g/mol. The van der Waals surface area contributed by atoms with E-state index in [1.54, 1.807) is 30.3 Å². The second kappa shape index (κ2) is 7.48. The molecule has 2 aliphatic heterocycles. The van der Waals surface area contributed by atoms with Crippen molar-refractivity contribution in [2.24, 2.45) is 0 Å². The predicted molar refractivity (Wildman–Crippen MR) is 106 cm³/mol. The summed E-state index contributed by atoms with van der Waals surface area (Å²) in [6.45, 7) is 1.57. The number of carbonyl (C=O) groups excluding carboxylic acids is 3. The van der Waals surface area contributed by atoms with Gasteiger partial charge in [-0.15, -0.1) is 0 Å². The quantitative estimate of drug-likeness (QED) is 0.593. The molecule has 0 radical (unpaired) electrons. The molecule has 0 spiro atoms. The maximum absolute atomic E-state index is 12.6. The number of nitrogens with zero attached hydrogens (tertiary/aromatic N) is 1. The monoisotopic (exact) mass is 413 g/mol. The van der Waals surface area contributed by atoms with Crippen LogP contribution >= 0.6 is 11.6 Å². The molecule has 2 aromatic rings. The third-order valence-electron chi connectivity index (χ3n) is 4.36. The second-order valence-electron chi connectivity index (χ2n) is 6.52. The number of anilines is 1. The van der Waals surface area contributed by atoms with Crippen LogP contribution in [0.15, 0.2) is 42.1 Å². The van der Waals surface area contributed by atoms with Gasteiger partial charge < -0.3 is 20.1 Å². The van der Waals surface area contributed by atoms with E-state index in [4.69, 9.17) is 21.1 Å². The molecule has 0 atom stereocenters. The zero-order valence-corrected chi connectivity index (χ0v) is 16.1. The third-order valence-corrected chi connectivity index (χ3v) is 4.68. The van der Waals surface area contributed by atoms with E-state index in [9.17, 15) is 14.4 Å². The highest BCUT2D eigenvalue weighted by Crippen LogP contribution is 2.37. The first-order chi connectivity index (χ1) is 13.9. The second-order valence-corrected chi connectivity index (χ2v) is 6.93. The number of urea groups is 1. The van der Waals surface area contributed by atoms with Crippen molar-refractivity contribution in [2.45, 2.75) is 6.92 Å². The largest absolute Gasteiger partial charge is 0.454 e. The van der Waals surface area contributed by atoms with E-state index in [0.717, 1.165) is 10.5 Å². The van der Waals surface area contributed by atoms with Gasteiger partial charge in [-0.25, -0.2) is 9.69 Å². The number of rotatable bonds is 4. The number of nitrogens with one attached hydrogen (secondary N) is 2. The molecular weight excluding hydrogens is 398 g/mol. The van der Waals surface area contributed by atoms with Crippen LogP contribution in [0.5, 0.6) is 11.5 Å². The molecule has 29 heavy (non-hydrogen) atoms. The van der Waals surface area contributed by atoms with E-state index in [0.29, 0.717) is 27.8 Å². The molecule has 148 valence electrons. The Hall–Kier alpha value is -3.52. The van der Waals surface area contributed by atoms with Gasteiger partial charge in [0.05, 0.1) is 5.02 Å². The molecule has 4 rings (SSSR count). The van der Waals surface area contributed by atoms with Crippen molar-refractivity contribution in [3.8, 4) is 11.5 Å². The zero-order chi connectivity index (χ0) is 20.5. The van der Waals surface area contributed by atoms with E-state index in [2.05, 4.69) is 10.6 Å². The zero-order valence-electron chi connectivity index (χ0n) is 15.3. The van der Waals surface area contributed by atoms with Gasteiger partial charge in [0.2, 0.25) is 12.7 Å². The summed E-state index contributed by atoms with van der Waals surface area (Å²) in [4.78, 5) is 37.9. The Bertz CT molecular complexity index is 1070. The molecule has 1 saturated heterocycles. The Kier molecular flexibility index (Phi) is 4.85. The maximum Gasteiger partial charge on any atom is 0.329 e. The fourth-order valence-electron chi connectivity index (χ4n) is 2.98. The van der Waals surface area contributed by atoms with Crippen LogP contribution in [0.2, 0.25) is 5.02 Å². The summed E-state index contributed by atoms with van der Waals surface area (Å²) < 4.78 is 10.5. The van der Waals surface area contributed by atoms with Crippen molar-refractivity contribution in [1.82, 2.24) is 10.2 Å². The molecule has 9 heteroatoms. The minimum atomic E-state index is -0.683. The SMILES string of the molecule is Cc1cccc(NC(=O)CN2C(=O)NC(=Cc3cc4c(cc3Cl)OCO4)C2=O)c1. The van der Waals surface area contributed by atoms with Crippen LogP contribution in [0.25, 0.3) is 6.08 Å². The van der Waals surface area contributed by atoms with Crippen LogP contribution in [0.1, 0.15) is 11.1 Å². The van der Waals surface area contributed by atoms with Gasteiger partial charge in [-0.3, -0.25) is 9.59 Å². The van der Waals surface area contributed by atoms with Crippen molar-refractivity contribution in [2.75, 3.05) is 18.7 Å². The molecule has 2 N–H and O–H groups in total. The predicted octanol–water partition coefficient (Wildman–Crippen LogP) is 2.91. The van der Waals surface area contributed by atoms with E-state index >= 15 is 0 Å². The number of amides is 4. The lowest BCUT2D eigenvalue weighted by molar-refractivity contribution is -0.127. The van der Waals surface area contributed by atoms with Crippen molar-refractivity contribution in [3.05, 3.63) is 58.2 Å². The number of fused-ring (bicyclic) bond motifs is 1. The number of hydrogen-bond acceptors (Lipinski definition) is 5. The van der Waals surface area contributed by atoms with Crippen molar-refractivity contribution >= 4 is 41.2 Å². The molecule has 0 unspecified atom stereocenters. The minimum absolute atomic E-state index is 0.0131. The Morgan fingerprint density at radius 1 is 1.24 bits per heavy atom. The van der Waals surface area contributed by atoms with Gasteiger partial charge in [-0.2, -0.15) is 0 Å². The van der Waals surface area contributed by atoms with Crippen molar-refractivity contribution in [3.63, 3.8) is 0 Å². The lowest BCUT2D eigenvalue weighted by Gasteiger charge is -2.12. The molecule has 0 aliphatic carbocycles. The van der Waals surface area contributed by atoms with E-state index in [-0.39, 0.29) is 12.5 Å². The first-order valence-corrected chi connectivity index (χ1v) is 9.09. The van der Waals surface area contributed by atoms with Crippen LogP contribution in [0.4, 0.5) is 10.5 Å². The number of ether oxygens (including phenoxy) is 2. The fourth-order valence-corrected chi connectivity index (χ4v) is 3.19. The van der Waals surface area contributed by atoms with Gasteiger partial charge in [0.1, 0.15) is 12.2 Å². The Morgan fingerprint density at radius 3 is 2.76 bits per heavy atom. The van der Waals surface area contributed by atoms with E-state index in [1.165, 1.54) is 6.08 Å². The highest BCUT2D eigenvalue weighted by molar-refractivity contribution is 6.32. The van der Waals surface area contributed by atoms with Gasteiger partial charge in [0.25, 0.3) is 5.91 Å². The van der Waals surface area contributed by atoms with Crippen LogP contribution < -0.4 is 20.1 Å². The Morgan fingerprint density at radius 2 is 2.00 bits per heavy atom. The number of benzene rings is 2. The first kappa shape index (κ1) is 18.8. The maximum atomic E-state index is 12.6. The van der Waals surface area contributed by atoms with Crippen LogP contribution in [-0.4, -0.2) is 36.1 Å². The summed E-state index contributed by atoms with van der Waals surface area (Å²) >= 11 is 6.21. The number of carbonyl (C=O) groups is 3. The standard InChI is InChI=1S/C20H16ClN3O5/c1-11-3-2-4-13(5-11)22-18(25)9-24-19(26)15(23-20(24)27)6-12-7-16-17(8-14(12)21)29-10-28-16/h2-8H,9-10H2,1H3,(H,22,25)(H,23,27). The summed E-state index contributed by atoms with van der Waals surface area (Å²) in [6.07, 6.45) is 1.43. The number of halogens is 1. The number of imide groups is 1. The average Bonchev–Trinajstić information content (AvgIpc) is 3.21. The van der Waals surface area contributed by atoms with Crippen LogP contribution in [0, 0.1) is 6.92 Å². The highest BCUT2D eigenvalue weighted by atomic mass is 35.5. The topological polar surface area (TPSA) is 97.0 Å². The molecular formula is C20H16ClN3O5.